The second-order valence-electron chi connectivity index (χ2n) is 3.35. The molecule has 0 aliphatic rings. The number of carbonyl (C=O) groups is 1. The molecular formula is C11H10BrIN2O. The number of anilines is 1. The second-order valence-corrected chi connectivity index (χ2v) is 5.16. The van der Waals surface area contributed by atoms with Gasteiger partial charge in [-0.15, -0.1) is 0 Å². The topological polar surface area (TPSA) is 52.9 Å². The molecule has 0 saturated heterocycles. The Labute approximate surface area is 116 Å². The van der Waals surface area contributed by atoms with Crippen molar-refractivity contribution in [2.45, 2.75) is 6.92 Å². The SMILES string of the molecule is C[C@H](CBr)C(=O)Nc1ccc(C#N)c(I)c1. The van der Waals surface area contributed by atoms with Crippen molar-refractivity contribution in [2.75, 3.05) is 10.6 Å². The van der Waals surface area contributed by atoms with Crippen LogP contribution in [0.1, 0.15) is 12.5 Å². The third kappa shape index (κ3) is 3.46. The number of nitriles is 1. The van der Waals surface area contributed by atoms with Crippen LogP contribution in [0.3, 0.4) is 0 Å². The molecule has 0 aliphatic carbocycles. The Kier molecular flexibility index (Phi) is 5.22. The minimum absolute atomic E-state index is 0.0302. The highest BCUT2D eigenvalue weighted by Crippen LogP contribution is 2.18. The predicted molar refractivity (Wildman–Crippen MR) is 75.5 cm³/mol. The van der Waals surface area contributed by atoms with E-state index in [2.05, 4.69) is 49.9 Å². The number of rotatable bonds is 3. The molecule has 0 fully saturated rings. The van der Waals surface area contributed by atoms with Crippen molar-refractivity contribution >= 4 is 50.1 Å². The minimum atomic E-state index is -0.0756. The van der Waals surface area contributed by atoms with Crippen molar-refractivity contribution < 1.29 is 4.79 Å². The van der Waals surface area contributed by atoms with E-state index >= 15 is 0 Å². The van der Waals surface area contributed by atoms with E-state index in [1.807, 2.05) is 6.92 Å². The van der Waals surface area contributed by atoms with Gasteiger partial charge in [-0.1, -0.05) is 22.9 Å². The van der Waals surface area contributed by atoms with E-state index < -0.39 is 0 Å². The zero-order valence-electron chi connectivity index (χ0n) is 8.63. The molecule has 1 aromatic carbocycles. The molecule has 1 aromatic rings. The zero-order chi connectivity index (χ0) is 12.1. The van der Waals surface area contributed by atoms with Gasteiger partial charge in [0.05, 0.1) is 5.56 Å². The first-order chi connectivity index (χ1) is 7.58. The summed E-state index contributed by atoms with van der Waals surface area (Å²) in [6.45, 7) is 1.85. The van der Waals surface area contributed by atoms with Crippen molar-refractivity contribution in [3.8, 4) is 6.07 Å². The highest BCUT2D eigenvalue weighted by Gasteiger charge is 2.11. The summed E-state index contributed by atoms with van der Waals surface area (Å²) in [6.07, 6.45) is 0. The van der Waals surface area contributed by atoms with E-state index in [-0.39, 0.29) is 11.8 Å². The maximum atomic E-state index is 11.6. The molecule has 16 heavy (non-hydrogen) atoms. The summed E-state index contributed by atoms with van der Waals surface area (Å²) in [4.78, 5) is 11.6. The highest BCUT2D eigenvalue weighted by atomic mass is 127. The van der Waals surface area contributed by atoms with Gasteiger partial charge in [0.1, 0.15) is 6.07 Å². The van der Waals surface area contributed by atoms with E-state index in [4.69, 9.17) is 5.26 Å². The molecule has 1 rings (SSSR count). The van der Waals surface area contributed by atoms with Gasteiger partial charge in [-0.05, 0) is 40.8 Å². The molecule has 1 atom stereocenters. The molecule has 0 heterocycles. The van der Waals surface area contributed by atoms with E-state index in [0.29, 0.717) is 10.9 Å². The Morgan fingerprint density at radius 3 is 2.88 bits per heavy atom. The summed E-state index contributed by atoms with van der Waals surface area (Å²) in [5.74, 6) is -0.106. The maximum absolute atomic E-state index is 11.6. The van der Waals surface area contributed by atoms with Crippen LogP contribution < -0.4 is 5.32 Å². The summed E-state index contributed by atoms with van der Waals surface area (Å²) in [7, 11) is 0. The molecule has 0 bridgehead atoms. The Morgan fingerprint density at radius 2 is 2.38 bits per heavy atom. The van der Waals surface area contributed by atoms with Crippen LogP contribution >= 0.6 is 38.5 Å². The van der Waals surface area contributed by atoms with Gasteiger partial charge < -0.3 is 5.32 Å². The van der Waals surface area contributed by atoms with E-state index in [1.54, 1.807) is 18.2 Å². The van der Waals surface area contributed by atoms with Crippen molar-refractivity contribution in [1.29, 1.82) is 5.26 Å². The maximum Gasteiger partial charge on any atom is 0.228 e. The van der Waals surface area contributed by atoms with Crippen LogP contribution in [-0.4, -0.2) is 11.2 Å². The van der Waals surface area contributed by atoms with Crippen LogP contribution in [0.2, 0.25) is 0 Å². The Hall–Kier alpha value is -0.610. The first-order valence-electron chi connectivity index (χ1n) is 4.65. The molecule has 0 aromatic heterocycles. The average Bonchev–Trinajstić information content (AvgIpc) is 2.28. The molecule has 5 heteroatoms. The van der Waals surface area contributed by atoms with Crippen molar-refractivity contribution in [3.63, 3.8) is 0 Å². The van der Waals surface area contributed by atoms with E-state index in [0.717, 1.165) is 9.26 Å². The summed E-state index contributed by atoms with van der Waals surface area (Å²) in [6, 6.07) is 7.31. The fourth-order valence-corrected chi connectivity index (χ4v) is 1.95. The molecule has 0 unspecified atom stereocenters. The highest BCUT2D eigenvalue weighted by molar-refractivity contribution is 14.1. The summed E-state index contributed by atoms with van der Waals surface area (Å²) < 4.78 is 0.837. The number of halogens is 2. The normalized spacial score (nSPS) is 11.6. The van der Waals surface area contributed by atoms with Crippen molar-refractivity contribution in [2.24, 2.45) is 5.92 Å². The van der Waals surface area contributed by atoms with Crippen LogP contribution in [0.4, 0.5) is 5.69 Å². The van der Waals surface area contributed by atoms with Crippen molar-refractivity contribution in [3.05, 3.63) is 27.3 Å². The molecule has 3 nitrogen and oxygen atoms in total. The smallest absolute Gasteiger partial charge is 0.228 e. The summed E-state index contributed by atoms with van der Waals surface area (Å²) in [5.41, 5.74) is 1.34. The summed E-state index contributed by atoms with van der Waals surface area (Å²) in [5, 5.41) is 12.2. The number of hydrogen-bond donors (Lipinski definition) is 1. The molecule has 84 valence electrons. The van der Waals surface area contributed by atoms with E-state index in [9.17, 15) is 4.79 Å². The first kappa shape index (κ1) is 13.5. The average molecular weight is 393 g/mol. The molecule has 0 spiro atoms. The molecule has 1 N–H and O–H groups in total. The standard InChI is InChI=1S/C11H10BrIN2O/c1-7(5-12)11(16)15-9-3-2-8(6-14)10(13)4-9/h2-4,7H,5H2,1H3,(H,15,16)/t7-/m1/s1. The van der Waals surface area contributed by atoms with Gasteiger partial charge in [-0.25, -0.2) is 0 Å². The third-order valence-electron chi connectivity index (χ3n) is 2.04. The zero-order valence-corrected chi connectivity index (χ0v) is 12.4. The van der Waals surface area contributed by atoms with E-state index in [1.165, 1.54) is 0 Å². The molecule has 0 aliphatic heterocycles. The van der Waals surface area contributed by atoms with Gasteiger partial charge in [0.2, 0.25) is 5.91 Å². The molecule has 1 amide bonds. The van der Waals surface area contributed by atoms with Crippen LogP contribution in [0.25, 0.3) is 0 Å². The number of nitrogens with zero attached hydrogens (tertiary/aromatic N) is 1. The first-order valence-corrected chi connectivity index (χ1v) is 6.85. The lowest BCUT2D eigenvalue weighted by atomic mass is 10.2. The Balaban J connectivity index is 2.80. The second kappa shape index (κ2) is 6.21. The lowest BCUT2D eigenvalue weighted by Crippen LogP contribution is -2.21. The lowest BCUT2D eigenvalue weighted by Gasteiger charge is -2.09. The number of hydrogen-bond acceptors (Lipinski definition) is 2. The van der Waals surface area contributed by atoms with Gasteiger partial charge >= 0.3 is 0 Å². The summed E-state index contributed by atoms with van der Waals surface area (Å²) >= 11 is 5.34. The number of nitrogens with one attached hydrogen (secondary N) is 1. The van der Waals surface area contributed by atoms with Crippen molar-refractivity contribution in [1.82, 2.24) is 0 Å². The quantitative estimate of drug-likeness (QED) is 0.634. The third-order valence-corrected chi connectivity index (χ3v) is 3.90. The molecule has 0 saturated carbocycles. The molecular weight excluding hydrogens is 383 g/mol. The number of alkyl halides is 1. The van der Waals surface area contributed by atoms with Gasteiger partial charge in [-0.3, -0.25) is 4.79 Å². The monoisotopic (exact) mass is 392 g/mol. The number of benzene rings is 1. The molecule has 0 radical (unpaired) electrons. The van der Waals surface area contributed by atoms with Crippen LogP contribution in [-0.2, 0) is 4.79 Å². The largest absolute Gasteiger partial charge is 0.326 e. The van der Waals surface area contributed by atoms with Gasteiger partial charge in [0, 0.05) is 20.5 Å². The predicted octanol–water partition coefficient (Wildman–Crippen LogP) is 3.13. The number of carbonyl (C=O) groups excluding carboxylic acids is 1. The van der Waals surface area contributed by atoms with Crippen LogP contribution in [0.5, 0.6) is 0 Å². The van der Waals surface area contributed by atoms with Gasteiger partial charge in [0.15, 0.2) is 0 Å². The fourth-order valence-electron chi connectivity index (χ4n) is 1.02. The fraction of sp³-hybridized carbons (Fsp3) is 0.273. The lowest BCUT2D eigenvalue weighted by molar-refractivity contribution is -0.118. The Morgan fingerprint density at radius 1 is 1.69 bits per heavy atom. The number of amides is 1. The Bertz CT molecular complexity index is 442. The minimum Gasteiger partial charge on any atom is -0.326 e. The van der Waals surface area contributed by atoms with Crippen LogP contribution in [0.15, 0.2) is 18.2 Å². The van der Waals surface area contributed by atoms with Gasteiger partial charge in [-0.2, -0.15) is 5.26 Å². The van der Waals surface area contributed by atoms with Crippen LogP contribution in [0, 0.1) is 20.8 Å². The van der Waals surface area contributed by atoms with Gasteiger partial charge in [0.25, 0.3) is 0 Å².